The molecule has 1 aromatic rings. The summed E-state index contributed by atoms with van der Waals surface area (Å²) >= 11 is 0. The number of para-hydroxylation sites is 1. The highest BCUT2D eigenvalue weighted by Crippen LogP contribution is 2.08. The number of guanidine groups is 1. The number of halogens is 1. The zero-order valence-electron chi connectivity index (χ0n) is 15.1. The number of rotatable bonds is 11. The second-order valence-electron chi connectivity index (χ2n) is 5.48. The van der Waals surface area contributed by atoms with E-state index in [1.54, 1.807) is 0 Å². The van der Waals surface area contributed by atoms with E-state index < -0.39 is 0 Å². The molecule has 138 valence electrons. The van der Waals surface area contributed by atoms with Gasteiger partial charge in [0.15, 0.2) is 5.96 Å². The quantitative estimate of drug-likeness (QED) is 0.235. The zero-order valence-corrected chi connectivity index (χ0v) is 17.4. The molecule has 0 amide bonds. The van der Waals surface area contributed by atoms with Gasteiger partial charge in [0.1, 0.15) is 5.75 Å². The molecule has 5 nitrogen and oxygen atoms in total. The maximum Gasteiger partial charge on any atom is 0.191 e. The van der Waals surface area contributed by atoms with Crippen molar-refractivity contribution in [2.24, 2.45) is 4.99 Å². The molecule has 0 aliphatic rings. The van der Waals surface area contributed by atoms with E-state index in [4.69, 9.17) is 9.47 Å². The Balaban J connectivity index is 0.00000529. The second kappa shape index (κ2) is 15.5. The lowest BCUT2D eigenvalue weighted by atomic mass is 10.3. The molecule has 0 aromatic heterocycles. The van der Waals surface area contributed by atoms with Gasteiger partial charge in [-0.2, -0.15) is 0 Å². The van der Waals surface area contributed by atoms with Gasteiger partial charge >= 0.3 is 0 Å². The number of nitrogens with zero attached hydrogens (tertiary/aromatic N) is 1. The van der Waals surface area contributed by atoms with Crippen LogP contribution in [0.4, 0.5) is 0 Å². The van der Waals surface area contributed by atoms with Crippen LogP contribution in [0.3, 0.4) is 0 Å². The van der Waals surface area contributed by atoms with Crippen LogP contribution >= 0.6 is 24.0 Å². The van der Waals surface area contributed by atoms with Gasteiger partial charge in [0.05, 0.1) is 12.7 Å². The van der Waals surface area contributed by atoms with E-state index in [1.807, 2.05) is 30.3 Å². The molecule has 0 radical (unpaired) electrons. The van der Waals surface area contributed by atoms with Gasteiger partial charge < -0.3 is 20.1 Å². The van der Waals surface area contributed by atoms with E-state index in [9.17, 15) is 0 Å². The molecular formula is C18H32IN3O2. The minimum Gasteiger partial charge on any atom is -0.494 e. The summed E-state index contributed by atoms with van der Waals surface area (Å²) in [5.41, 5.74) is 0. The highest BCUT2D eigenvalue weighted by atomic mass is 127. The number of ether oxygens (including phenoxy) is 2. The van der Waals surface area contributed by atoms with Gasteiger partial charge in [-0.15, -0.1) is 24.0 Å². The van der Waals surface area contributed by atoms with Crippen LogP contribution in [0.25, 0.3) is 0 Å². The molecule has 0 bridgehead atoms. The van der Waals surface area contributed by atoms with Crippen molar-refractivity contribution in [3.8, 4) is 5.75 Å². The predicted octanol–water partition coefficient (Wildman–Crippen LogP) is 3.44. The Morgan fingerprint density at radius 3 is 2.50 bits per heavy atom. The van der Waals surface area contributed by atoms with Gasteiger partial charge in [0.2, 0.25) is 0 Å². The Kier molecular flexibility index (Phi) is 14.8. The van der Waals surface area contributed by atoms with E-state index in [0.29, 0.717) is 12.7 Å². The third-order valence-corrected chi connectivity index (χ3v) is 2.99. The van der Waals surface area contributed by atoms with Crippen molar-refractivity contribution in [1.29, 1.82) is 0 Å². The molecule has 0 aliphatic heterocycles. The van der Waals surface area contributed by atoms with Crippen molar-refractivity contribution in [1.82, 2.24) is 10.6 Å². The van der Waals surface area contributed by atoms with Crippen LogP contribution in [0.1, 0.15) is 33.6 Å². The standard InChI is InChI=1S/C18H31N3O2.HI/c1-4-19-18(20-12-8-14-22-16(2)3)21-13-9-15-23-17-10-6-5-7-11-17;/h5-7,10-11,16H,4,8-9,12-15H2,1-3H3,(H2,19,20,21);1H. The SMILES string of the molecule is CCNC(=NCCCOc1ccccc1)NCCCOC(C)C.I. The highest BCUT2D eigenvalue weighted by Gasteiger charge is 1.98. The summed E-state index contributed by atoms with van der Waals surface area (Å²) < 4.78 is 11.2. The summed E-state index contributed by atoms with van der Waals surface area (Å²) in [6, 6.07) is 9.87. The summed E-state index contributed by atoms with van der Waals surface area (Å²) in [6.07, 6.45) is 2.16. The van der Waals surface area contributed by atoms with Crippen LogP contribution in [-0.2, 0) is 4.74 Å². The number of hydrogen-bond donors (Lipinski definition) is 2. The molecule has 24 heavy (non-hydrogen) atoms. The monoisotopic (exact) mass is 449 g/mol. The molecule has 0 heterocycles. The highest BCUT2D eigenvalue weighted by molar-refractivity contribution is 14.0. The van der Waals surface area contributed by atoms with Crippen molar-refractivity contribution in [2.75, 3.05) is 32.8 Å². The molecule has 2 N–H and O–H groups in total. The summed E-state index contributed by atoms with van der Waals surface area (Å²) in [7, 11) is 0. The third-order valence-electron chi connectivity index (χ3n) is 2.99. The Hall–Kier alpha value is -1.02. The van der Waals surface area contributed by atoms with Gasteiger partial charge in [-0.1, -0.05) is 18.2 Å². The average molecular weight is 449 g/mol. The van der Waals surface area contributed by atoms with Crippen molar-refractivity contribution < 1.29 is 9.47 Å². The number of benzene rings is 1. The second-order valence-corrected chi connectivity index (χ2v) is 5.48. The summed E-state index contributed by atoms with van der Waals surface area (Å²) in [5, 5.41) is 6.57. The van der Waals surface area contributed by atoms with Crippen LogP contribution in [0.15, 0.2) is 35.3 Å². The fraction of sp³-hybridized carbons (Fsp3) is 0.611. The van der Waals surface area contributed by atoms with E-state index in [-0.39, 0.29) is 24.0 Å². The van der Waals surface area contributed by atoms with Gasteiger partial charge in [0.25, 0.3) is 0 Å². The fourth-order valence-electron chi connectivity index (χ4n) is 1.90. The summed E-state index contributed by atoms with van der Waals surface area (Å²) in [4.78, 5) is 4.55. The maximum absolute atomic E-state index is 5.66. The minimum absolute atomic E-state index is 0. The lowest BCUT2D eigenvalue weighted by Crippen LogP contribution is -2.38. The lowest BCUT2D eigenvalue weighted by molar-refractivity contribution is 0.0776. The number of aliphatic imine (C=N–C) groups is 1. The molecule has 0 aliphatic carbocycles. The molecule has 0 fully saturated rings. The average Bonchev–Trinajstić information content (AvgIpc) is 2.54. The third kappa shape index (κ3) is 12.4. The first kappa shape index (κ1) is 23.0. The van der Waals surface area contributed by atoms with E-state index >= 15 is 0 Å². The van der Waals surface area contributed by atoms with Crippen LogP contribution in [-0.4, -0.2) is 44.9 Å². The fourth-order valence-corrected chi connectivity index (χ4v) is 1.90. The van der Waals surface area contributed by atoms with Gasteiger partial charge in [0, 0.05) is 32.7 Å². The molecule has 1 aromatic carbocycles. The van der Waals surface area contributed by atoms with Gasteiger partial charge in [-0.05, 0) is 39.3 Å². The minimum atomic E-state index is 0. The van der Waals surface area contributed by atoms with Crippen LogP contribution in [0, 0.1) is 0 Å². The first-order chi connectivity index (χ1) is 11.2. The molecule has 0 saturated carbocycles. The Morgan fingerprint density at radius 2 is 1.83 bits per heavy atom. The molecule has 1 rings (SSSR count). The maximum atomic E-state index is 5.66. The number of hydrogen-bond acceptors (Lipinski definition) is 3. The normalized spacial score (nSPS) is 11.1. The number of nitrogens with one attached hydrogen (secondary N) is 2. The van der Waals surface area contributed by atoms with Crippen molar-refractivity contribution in [2.45, 2.75) is 39.7 Å². The van der Waals surface area contributed by atoms with E-state index in [2.05, 4.69) is 36.4 Å². The predicted molar refractivity (Wildman–Crippen MR) is 112 cm³/mol. The van der Waals surface area contributed by atoms with Crippen molar-refractivity contribution in [3.05, 3.63) is 30.3 Å². The molecule has 6 heteroatoms. The topological polar surface area (TPSA) is 54.9 Å². The van der Waals surface area contributed by atoms with Gasteiger partial charge in [-0.25, -0.2) is 0 Å². The smallest absolute Gasteiger partial charge is 0.191 e. The molecule has 0 spiro atoms. The van der Waals surface area contributed by atoms with Crippen LogP contribution in [0.2, 0.25) is 0 Å². The largest absolute Gasteiger partial charge is 0.494 e. The molecule has 0 unspecified atom stereocenters. The van der Waals surface area contributed by atoms with E-state index in [1.165, 1.54) is 0 Å². The Morgan fingerprint density at radius 1 is 1.08 bits per heavy atom. The van der Waals surface area contributed by atoms with Crippen LogP contribution in [0.5, 0.6) is 5.75 Å². The van der Waals surface area contributed by atoms with Crippen molar-refractivity contribution >= 4 is 29.9 Å². The van der Waals surface area contributed by atoms with Crippen molar-refractivity contribution in [3.63, 3.8) is 0 Å². The molecular weight excluding hydrogens is 417 g/mol. The summed E-state index contributed by atoms with van der Waals surface area (Å²) in [5.74, 6) is 1.77. The first-order valence-corrected chi connectivity index (χ1v) is 8.54. The lowest BCUT2D eigenvalue weighted by Gasteiger charge is -2.12. The summed E-state index contributed by atoms with van der Waals surface area (Å²) in [6.45, 7) is 10.1. The first-order valence-electron chi connectivity index (χ1n) is 8.54. The Bertz CT molecular complexity index is 428. The molecule has 0 atom stereocenters. The zero-order chi connectivity index (χ0) is 16.8. The van der Waals surface area contributed by atoms with Crippen LogP contribution < -0.4 is 15.4 Å². The Labute approximate surface area is 163 Å². The van der Waals surface area contributed by atoms with E-state index in [0.717, 1.165) is 50.8 Å². The van der Waals surface area contributed by atoms with Gasteiger partial charge in [-0.3, -0.25) is 4.99 Å². The molecule has 0 saturated heterocycles.